The molecule has 2 rings (SSSR count). The van der Waals surface area contributed by atoms with E-state index in [1.54, 1.807) is 31.4 Å². The van der Waals surface area contributed by atoms with Gasteiger partial charge in [-0.25, -0.2) is 0 Å². The van der Waals surface area contributed by atoms with Crippen LogP contribution in [0, 0.1) is 11.8 Å². The van der Waals surface area contributed by atoms with Gasteiger partial charge < -0.3 is 0 Å². The standard InChI is InChI=1S/C13H30Si3/c1-14(2,3)16(15(4,5)6)10-12-8-7-9-13(12)11-16/h12-13H,7-11H2,1-6H3/t12-,13+. The first-order valence-corrected chi connectivity index (χ1v) is 18.6. The van der Waals surface area contributed by atoms with Gasteiger partial charge in [0.25, 0.3) is 0 Å². The molecule has 0 N–H and O–H groups in total. The molecule has 2 aliphatic rings. The van der Waals surface area contributed by atoms with Gasteiger partial charge in [-0.2, -0.15) is 0 Å². The molecule has 0 nitrogen and oxygen atoms in total. The first-order chi connectivity index (χ1) is 7.17. The Bertz CT molecular complexity index is 244. The first kappa shape index (κ1) is 13.1. The molecule has 1 saturated heterocycles. The van der Waals surface area contributed by atoms with Crippen molar-refractivity contribution in [2.24, 2.45) is 11.8 Å². The molecule has 0 aromatic carbocycles. The molecule has 1 aliphatic heterocycles. The third-order valence-electron chi connectivity index (χ3n) is 5.91. The van der Waals surface area contributed by atoms with Gasteiger partial charge in [0.2, 0.25) is 0 Å². The fraction of sp³-hybridized carbons (Fsp3) is 1.00. The molecule has 2 fully saturated rings. The van der Waals surface area contributed by atoms with Crippen LogP contribution in [0.5, 0.6) is 0 Å². The highest BCUT2D eigenvalue weighted by Crippen LogP contribution is 2.54. The van der Waals surface area contributed by atoms with E-state index in [9.17, 15) is 0 Å². The maximum absolute atomic E-state index is 2.71. The lowest BCUT2D eigenvalue weighted by Crippen LogP contribution is -2.70. The van der Waals surface area contributed by atoms with Crippen molar-refractivity contribution in [1.82, 2.24) is 0 Å². The van der Waals surface area contributed by atoms with E-state index in [1.165, 1.54) is 11.8 Å². The smallest absolute Gasteiger partial charge is 0.0423 e. The van der Waals surface area contributed by atoms with Gasteiger partial charge >= 0.3 is 0 Å². The molecular weight excluding hydrogens is 240 g/mol. The minimum atomic E-state index is -0.875. The topological polar surface area (TPSA) is 0 Å². The molecule has 0 bridgehead atoms. The molecule has 1 aliphatic carbocycles. The molecule has 0 radical (unpaired) electrons. The lowest BCUT2D eigenvalue weighted by molar-refractivity contribution is 0.486. The number of hydrogen-bond acceptors (Lipinski definition) is 0. The van der Waals surface area contributed by atoms with Crippen LogP contribution in [0.4, 0.5) is 0 Å². The second-order valence-corrected chi connectivity index (χ2v) is 36.7. The predicted molar refractivity (Wildman–Crippen MR) is 82.9 cm³/mol. The summed E-state index contributed by atoms with van der Waals surface area (Å²) in [5.74, 6) is 2.37. The van der Waals surface area contributed by atoms with Gasteiger partial charge in [-0.15, -0.1) is 0 Å². The van der Waals surface area contributed by atoms with E-state index in [-0.39, 0.29) is 0 Å². The van der Waals surface area contributed by atoms with Gasteiger partial charge in [-0.1, -0.05) is 70.6 Å². The fourth-order valence-corrected chi connectivity index (χ4v) is 50.2. The van der Waals surface area contributed by atoms with E-state index >= 15 is 0 Å². The second-order valence-electron chi connectivity index (χ2n) is 8.44. The van der Waals surface area contributed by atoms with Gasteiger partial charge in [-0.05, 0) is 11.8 Å². The van der Waals surface area contributed by atoms with Crippen molar-refractivity contribution >= 4 is 22.3 Å². The van der Waals surface area contributed by atoms with E-state index in [4.69, 9.17) is 0 Å². The highest BCUT2D eigenvalue weighted by molar-refractivity contribution is 7.69. The SMILES string of the molecule is C[Si](C)(C)[Si]1([Si](C)(C)C)C[C@H]2CCC[C@H]2C1. The largest absolute Gasteiger partial charge is 0.0717 e. The van der Waals surface area contributed by atoms with Crippen LogP contribution in [0.3, 0.4) is 0 Å². The molecule has 2 atom stereocenters. The molecule has 0 amide bonds. The van der Waals surface area contributed by atoms with E-state index in [1.807, 2.05) is 0 Å². The zero-order valence-electron chi connectivity index (χ0n) is 12.2. The minimum Gasteiger partial charge on any atom is -0.0717 e. The van der Waals surface area contributed by atoms with Crippen LogP contribution < -0.4 is 0 Å². The Hall–Kier alpha value is 0.651. The molecule has 0 aromatic heterocycles. The Morgan fingerprint density at radius 2 is 1.12 bits per heavy atom. The van der Waals surface area contributed by atoms with Crippen LogP contribution in [-0.4, -0.2) is 22.3 Å². The van der Waals surface area contributed by atoms with Crippen LogP contribution in [0.25, 0.3) is 0 Å². The monoisotopic (exact) mass is 270 g/mol. The van der Waals surface area contributed by atoms with Crippen molar-refractivity contribution in [3.8, 4) is 0 Å². The molecule has 1 heterocycles. The van der Waals surface area contributed by atoms with Crippen LogP contribution >= 0.6 is 0 Å². The van der Waals surface area contributed by atoms with E-state index in [0.29, 0.717) is 0 Å². The normalized spacial score (nSPS) is 34.1. The van der Waals surface area contributed by atoms with Crippen molar-refractivity contribution < 1.29 is 0 Å². The van der Waals surface area contributed by atoms with Gasteiger partial charge in [0.1, 0.15) is 0 Å². The summed E-state index contributed by atoms with van der Waals surface area (Å²) in [6.07, 6.45) is 4.74. The Kier molecular flexibility index (Phi) is 3.13. The van der Waals surface area contributed by atoms with Crippen LogP contribution in [0.1, 0.15) is 19.3 Å². The highest BCUT2D eigenvalue weighted by Gasteiger charge is 2.60. The third kappa shape index (κ3) is 1.83. The maximum Gasteiger partial charge on any atom is 0.0423 e. The van der Waals surface area contributed by atoms with Crippen molar-refractivity contribution in [1.29, 1.82) is 0 Å². The molecule has 3 heteroatoms. The van der Waals surface area contributed by atoms with Crippen molar-refractivity contribution in [3.05, 3.63) is 0 Å². The summed E-state index contributed by atoms with van der Waals surface area (Å²) < 4.78 is 0. The second kappa shape index (κ2) is 3.82. The van der Waals surface area contributed by atoms with E-state index < -0.39 is 22.3 Å². The Morgan fingerprint density at radius 3 is 1.44 bits per heavy atom. The molecular formula is C13H30Si3. The first-order valence-electron chi connectivity index (χ1n) is 7.17. The molecule has 0 spiro atoms. The van der Waals surface area contributed by atoms with Crippen molar-refractivity contribution in [3.63, 3.8) is 0 Å². The van der Waals surface area contributed by atoms with E-state index in [0.717, 1.165) is 0 Å². The molecule has 1 saturated carbocycles. The van der Waals surface area contributed by atoms with Gasteiger partial charge in [-0.3, -0.25) is 0 Å². The zero-order chi connectivity index (χ0) is 12.2. The summed E-state index contributed by atoms with van der Waals surface area (Å²) in [5, 5.41) is 0. The van der Waals surface area contributed by atoms with Crippen molar-refractivity contribution in [2.75, 3.05) is 0 Å². The zero-order valence-corrected chi connectivity index (χ0v) is 15.2. The molecule has 94 valence electrons. The highest BCUT2D eigenvalue weighted by atomic mass is 29.6. The lowest BCUT2D eigenvalue weighted by atomic mass is 10.0. The number of hydrogen-bond donors (Lipinski definition) is 0. The average molecular weight is 271 g/mol. The predicted octanol–water partition coefficient (Wildman–Crippen LogP) is 4.70. The quantitative estimate of drug-likeness (QED) is 0.638. The van der Waals surface area contributed by atoms with Gasteiger partial charge in [0.05, 0.1) is 0 Å². The summed E-state index contributed by atoms with van der Waals surface area (Å²) in [6.45, 7) is 16.2. The van der Waals surface area contributed by atoms with Gasteiger partial charge in [0.15, 0.2) is 0 Å². The minimum absolute atomic E-state index is 0.854. The number of fused-ring (bicyclic) bond motifs is 1. The Balaban J connectivity index is 2.32. The molecule has 16 heavy (non-hydrogen) atoms. The van der Waals surface area contributed by atoms with E-state index in [2.05, 4.69) is 39.3 Å². The van der Waals surface area contributed by atoms with Crippen LogP contribution in [-0.2, 0) is 0 Å². The summed E-state index contributed by atoms with van der Waals surface area (Å²) in [5.41, 5.74) is 0. The molecule has 0 unspecified atom stereocenters. The third-order valence-corrected chi connectivity index (χ3v) is 47.3. The fourth-order valence-electron chi connectivity index (χ4n) is 4.98. The lowest BCUT2D eigenvalue weighted by Gasteiger charge is -2.48. The maximum atomic E-state index is 2.71. The Labute approximate surface area is 105 Å². The number of rotatable bonds is 2. The van der Waals surface area contributed by atoms with Crippen molar-refractivity contribution in [2.45, 2.75) is 70.6 Å². The van der Waals surface area contributed by atoms with Crippen LogP contribution in [0.2, 0.25) is 51.4 Å². The average Bonchev–Trinajstić information content (AvgIpc) is 2.53. The summed E-state index contributed by atoms with van der Waals surface area (Å²) in [4.78, 5) is 0. The summed E-state index contributed by atoms with van der Waals surface area (Å²) >= 11 is 0. The summed E-state index contributed by atoms with van der Waals surface area (Å²) in [6, 6.07) is 3.51. The van der Waals surface area contributed by atoms with Gasteiger partial charge in [0, 0.05) is 22.3 Å². The van der Waals surface area contributed by atoms with Crippen LogP contribution in [0.15, 0.2) is 0 Å². The summed E-state index contributed by atoms with van der Waals surface area (Å²) in [7, 11) is -2.60. The molecule has 0 aromatic rings. The Morgan fingerprint density at radius 1 is 0.750 bits per heavy atom.